The molecule has 2 N–H and O–H groups in total. The van der Waals surface area contributed by atoms with Gasteiger partial charge in [0.1, 0.15) is 0 Å². The number of aryl methyl sites for hydroxylation is 1. The summed E-state index contributed by atoms with van der Waals surface area (Å²) in [6.07, 6.45) is 0.997. The molecule has 1 aromatic rings. The normalized spacial score (nSPS) is 11.5. The van der Waals surface area contributed by atoms with Gasteiger partial charge in [-0.15, -0.1) is 0 Å². The van der Waals surface area contributed by atoms with Crippen molar-refractivity contribution in [3.05, 3.63) is 29.8 Å². The van der Waals surface area contributed by atoms with Crippen molar-refractivity contribution in [3.63, 3.8) is 0 Å². The molecule has 0 unspecified atom stereocenters. The lowest BCUT2D eigenvalue weighted by Crippen LogP contribution is -2.42. The van der Waals surface area contributed by atoms with Crippen molar-refractivity contribution in [1.82, 2.24) is 0 Å². The van der Waals surface area contributed by atoms with E-state index in [1.165, 1.54) is 11.3 Å². The van der Waals surface area contributed by atoms with Gasteiger partial charge in [0.15, 0.2) is 0 Å². The molecule has 1 aromatic carbocycles. The summed E-state index contributed by atoms with van der Waals surface area (Å²) < 4.78 is 0. The van der Waals surface area contributed by atoms with E-state index in [0.717, 1.165) is 13.0 Å². The standard InChI is InChI=1S/C13H22N2/c1-11-6-5-7-12(10-11)15(4)13(2,3)8-9-14/h5-7,10H,8-9,14H2,1-4H3. The lowest BCUT2D eigenvalue weighted by atomic mass is 9.97. The first-order valence-corrected chi connectivity index (χ1v) is 5.48. The highest BCUT2D eigenvalue weighted by Gasteiger charge is 2.22. The van der Waals surface area contributed by atoms with Crippen LogP contribution in [0.1, 0.15) is 25.8 Å². The molecule has 15 heavy (non-hydrogen) atoms. The highest BCUT2D eigenvalue weighted by Crippen LogP contribution is 2.24. The van der Waals surface area contributed by atoms with Gasteiger partial charge in [0.25, 0.3) is 0 Å². The Bertz CT molecular complexity index is 318. The van der Waals surface area contributed by atoms with E-state index in [4.69, 9.17) is 5.73 Å². The molecule has 0 heterocycles. The fourth-order valence-corrected chi connectivity index (χ4v) is 1.71. The number of rotatable bonds is 4. The second-order valence-corrected chi connectivity index (χ2v) is 4.75. The maximum Gasteiger partial charge on any atom is 0.0370 e. The second kappa shape index (κ2) is 4.67. The molecule has 2 nitrogen and oxygen atoms in total. The van der Waals surface area contributed by atoms with Crippen molar-refractivity contribution < 1.29 is 0 Å². The second-order valence-electron chi connectivity index (χ2n) is 4.75. The van der Waals surface area contributed by atoms with Crippen LogP contribution in [0, 0.1) is 6.92 Å². The number of anilines is 1. The van der Waals surface area contributed by atoms with E-state index >= 15 is 0 Å². The molecule has 0 aliphatic rings. The average Bonchev–Trinajstić information content (AvgIpc) is 2.16. The van der Waals surface area contributed by atoms with Crippen LogP contribution in [0.2, 0.25) is 0 Å². The molecule has 0 aliphatic carbocycles. The Labute approximate surface area is 93.1 Å². The first kappa shape index (κ1) is 12.1. The molecular weight excluding hydrogens is 184 g/mol. The van der Waals surface area contributed by atoms with Crippen LogP contribution in [0.15, 0.2) is 24.3 Å². The topological polar surface area (TPSA) is 29.3 Å². The first-order valence-electron chi connectivity index (χ1n) is 5.48. The van der Waals surface area contributed by atoms with Crippen LogP contribution in [0.4, 0.5) is 5.69 Å². The van der Waals surface area contributed by atoms with Gasteiger partial charge in [-0.3, -0.25) is 0 Å². The zero-order chi connectivity index (χ0) is 11.5. The fourth-order valence-electron chi connectivity index (χ4n) is 1.71. The number of nitrogens with two attached hydrogens (primary N) is 1. The van der Waals surface area contributed by atoms with Gasteiger partial charge in [0.2, 0.25) is 0 Å². The summed E-state index contributed by atoms with van der Waals surface area (Å²) in [4.78, 5) is 2.30. The van der Waals surface area contributed by atoms with E-state index < -0.39 is 0 Å². The zero-order valence-corrected chi connectivity index (χ0v) is 10.2. The van der Waals surface area contributed by atoms with E-state index in [1.54, 1.807) is 0 Å². The summed E-state index contributed by atoms with van der Waals surface area (Å²) in [6, 6.07) is 8.57. The van der Waals surface area contributed by atoms with Crippen LogP contribution >= 0.6 is 0 Å². The Morgan fingerprint density at radius 2 is 2.00 bits per heavy atom. The van der Waals surface area contributed by atoms with E-state index in [9.17, 15) is 0 Å². The minimum Gasteiger partial charge on any atom is -0.369 e. The van der Waals surface area contributed by atoms with Gasteiger partial charge in [-0.2, -0.15) is 0 Å². The highest BCUT2D eigenvalue weighted by molar-refractivity contribution is 5.49. The lowest BCUT2D eigenvalue weighted by molar-refractivity contribution is 0.456. The van der Waals surface area contributed by atoms with E-state index in [0.29, 0.717) is 0 Å². The predicted octanol–water partition coefficient (Wildman–Crippen LogP) is 2.56. The molecule has 0 atom stereocenters. The molecule has 1 rings (SSSR count). The Hall–Kier alpha value is -1.02. The van der Waals surface area contributed by atoms with Crippen LogP contribution in [0.3, 0.4) is 0 Å². The smallest absolute Gasteiger partial charge is 0.0370 e. The maximum atomic E-state index is 5.63. The van der Waals surface area contributed by atoms with Crippen molar-refractivity contribution in [2.75, 3.05) is 18.5 Å². The lowest BCUT2D eigenvalue weighted by Gasteiger charge is -2.37. The van der Waals surface area contributed by atoms with Crippen molar-refractivity contribution >= 4 is 5.69 Å². The minimum absolute atomic E-state index is 0.114. The summed E-state index contributed by atoms with van der Waals surface area (Å²) in [5.74, 6) is 0. The molecule has 0 amide bonds. The summed E-state index contributed by atoms with van der Waals surface area (Å²) >= 11 is 0. The van der Waals surface area contributed by atoms with Crippen LogP contribution in [-0.2, 0) is 0 Å². The summed E-state index contributed by atoms with van der Waals surface area (Å²) in [5.41, 5.74) is 8.30. The molecule has 0 saturated heterocycles. The summed E-state index contributed by atoms with van der Waals surface area (Å²) in [6.45, 7) is 7.29. The van der Waals surface area contributed by atoms with Crippen LogP contribution in [0.25, 0.3) is 0 Å². The SMILES string of the molecule is Cc1cccc(N(C)C(C)(C)CCN)c1. The number of benzene rings is 1. The van der Waals surface area contributed by atoms with Gasteiger partial charge < -0.3 is 10.6 Å². The Balaban J connectivity index is 2.88. The molecule has 0 fully saturated rings. The Kier molecular flexibility index (Phi) is 3.75. The summed E-state index contributed by atoms with van der Waals surface area (Å²) in [5, 5.41) is 0. The Morgan fingerprint density at radius 1 is 1.33 bits per heavy atom. The predicted molar refractivity (Wildman–Crippen MR) is 67.3 cm³/mol. The van der Waals surface area contributed by atoms with Crippen LogP contribution in [-0.4, -0.2) is 19.1 Å². The molecule has 84 valence electrons. The molecule has 0 radical (unpaired) electrons. The van der Waals surface area contributed by atoms with Crippen LogP contribution in [0.5, 0.6) is 0 Å². The Morgan fingerprint density at radius 3 is 2.53 bits per heavy atom. The number of nitrogens with zero attached hydrogens (tertiary/aromatic N) is 1. The summed E-state index contributed by atoms with van der Waals surface area (Å²) in [7, 11) is 2.13. The third-order valence-corrected chi connectivity index (χ3v) is 3.05. The van der Waals surface area contributed by atoms with Gasteiger partial charge in [-0.05, 0) is 51.4 Å². The first-order chi connectivity index (χ1) is 6.97. The third kappa shape index (κ3) is 2.96. The van der Waals surface area contributed by atoms with Crippen molar-refractivity contribution in [3.8, 4) is 0 Å². The van der Waals surface area contributed by atoms with Gasteiger partial charge in [-0.25, -0.2) is 0 Å². The van der Waals surface area contributed by atoms with Gasteiger partial charge in [0.05, 0.1) is 0 Å². The number of hydrogen-bond acceptors (Lipinski definition) is 2. The van der Waals surface area contributed by atoms with Crippen molar-refractivity contribution in [1.29, 1.82) is 0 Å². The van der Waals surface area contributed by atoms with Crippen LogP contribution < -0.4 is 10.6 Å². The quantitative estimate of drug-likeness (QED) is 0.820. The molecule has 0 aromatic heterocycles. The molecular formula is C13H22N2. The van der Waals surface area contributed by atoms with Gasteiger partial charge in [0, 0.05) is 18.3 Å². The molecule has 0 spiro atoms. The fraction of sp³-hybridized carbons (Fsp3) is 0.538. The maximum absolute atomic E-state index is 5.63. The molecule has 0 bridgehead atoms. The largest absolute Gasteiger partial charge is 0.369 e. The molecule has 0 aliphatic heterocycles. The zero-order valence-electron chi connectivity index (χ0n) is 10.2. The molecule has 2 heteroatoms. The van der Waals surface area contributed by atoms with E-state index in [2.05, 4.69) is 57.0 Å². The van der Waals surface area contributed by atoms with Crippen molar-refractivity contribution in [2.45, 2.75) is 32.7 Å². The minimum atomic E-state index is 0.114. The van der Waals surface area contributed by atoms with Crippen molar-refractivity contribution in [2.24, 2.45) is 5.73 Å². The number of hydrogen-bond donors (Lipinski definition) is 1. The third-order valence-electron chi connectivity index (χ3n) is 3.05. The molecule has 0 saturated carbocycles. The van der Waals surface area contributed by atoms with E-state index in [-0.39, 0.29) is 5.54 Å². The highest BCUT2D eigenvalue weighted by atomic mass is 15.2. The average molecular weight is 206 g/mol. The van der Waals surface area contributed by atoms with Gasteiger partial charge >= 0.3 is 0 Å². The van der Waals surface area contributed by atoms with Gasteiger partial charge in [-0.1, -0.05) is 12.1 Å². The monoisotopic (exact) mass is 206 g/mol. The van der Waals surface area contributed by atoms with E-state index in [1.807, 2.05) is 0 Å².